The Morgan fingerprint density at radius 2 is 2.06 bits per heavy atom. The molecule has 31 heavy (non-hydrogen) atoms. The van der Waals surface area contributed by atoms with Crippen LogP contribution in [-0.4, -0.2) is 70.9 Å². The summed E-state index contributed by atoms with van der Waals surface area (Å²) in [6.07, 6.45) is 5.31. The van der Waals surface area contributed by atoms with Crippen molar-refractivity contribution in [3.8, 4) is 5.75 Å². The van der Waals surface area contributed by atoms with Gasteiger partial charge in [0.25, 0.3) is 0 Å². The van der Waals surface area contributed by atoms with Gasteiger partial charge in [-0.25, -0.2) is 9.97 Å². The lowest BCUT2D eigenvalue weighted by atomic mass is 10.1. The summed E-state index contributed by atoms with van der Waals surface area (Å²) < 4.78 is 5.67. The van der Waals surface area contributed by atoms with E-state index in [1.165, 1.54) is 24.2 Å². The molecule has 4 rings (SSSR count). The molecule has 1 fully saturated rings. The highest BCUT2D eigenvalue weighted by molar-refractivity contribution is 5.67. The molecule has 0 aliphatic carbocycles. The minimum absolute atomic E-state index is 0.260. The Balaban J connectivity index is 1.40. The summed E-state index contributed by atoms with van der Waals surface area (Å²) >= 11 is 0. The Labute approximate surface area is 183 Å². The van der Waals surface area contributed by atoms with Crippen LogP contribution >= 0.6 is 0 Å². The minimum atomic E-state index is -0.522. The van der Waals surface area contributed by atoms with Crippen molar-refractivity contribution in [1.82, 2.24) is 25.1 Å². The number of aliphatic hydroxyl groups excluding tert-OH is 1. The predicted molar refractivity (Wildman–Crippen MR) is 122 cm³/mol. The van der Waals surface area contributed by atoms with Crippen LogP contribution in [-0.2, 0) is 0 Å². The molecule has 3 N–H and O–H groups in total. The second kappa shape index (κ2) is 9.53. The number of aromatic nitrogens is 2. The van der Waals surface area contributed by atoms with E-state index in [0.29, 0.717) is 24.4 Å². The molecule has 0 spiro atoms. The zero-order valence-corrected chi connectivity index (χ0v) is 18.5. The largest absolute Gasteiger partial charge is 0.491 e. The van der Waals surface area contributed by atoms with E-state index in [4.69, 9.17) is 9.72 Å². The van der Waals surface area contributed by atoms with Gasteiger partial charge in [-0.3, -0.25) is 0 Å². The molecule has 2 atom stereocenters. The number of aliphatic hydroxyl groups is 1. The normalized spacial score (nSPS) is 19.3. The third kappa shape index (κ3) is 5.26. The number of allylic oxidation sites excluding steroid dienone is 1. The molecule has 8 nitrogen and oxygen atoms in total. The zero-order chi connectivity index (χ0) is 21.8. The Bertz CT molecular complexity index is 915. The van der Waals surface area contributed by atoms with E-state index in [0.717, 1.165) is 24.3 Å². The highest BCUT2D eigenvalue weighted by Gasteiger charge is 2.32. The first-order valence-corrected chi connectivity index (χ1v) is 10.9. The maximum absolute atomic E-state index is 9.93. The number of rotatable bonds is 8. The summed E-state index contributed by atoms with van der Waals surface area (Å²) in [5.41, 5.74) is 4.16. The standard InChI is InChI=1S/C23H32N6O2/c1-16-22(29-13-5-4-6-21(29)25-16)20-11-12-24-23(27-20)26-17-7-9-19(10-8-17)31-15-18(30)14-28(2)3/h7-12,18,21,25,30H,4-6,13-15H2,1-3H3,(H,24,26,27)/t18-,21?/m0/s1. The topological polar surface area (TPSA) is 85.8 Å². The average molecular weight is 425 g/mol. The van der Waals surface area contributed by atoms with Crippen molar-refractivity contribution in [2.45, 2.75) is 38.5 Å². The van der Waals surface area contributed by atoms with Gasteiger partial charge >= 0.3 is 0 Å². The van der Waals surface area contributed by atoms with E-state index >= 15 is 0 Å². The number of hydrogen-bond acceptors (Lipinski definition) is 8. The van der Waals surface area contributed by atoms with Crippen molar-refractivity contribution >= 4 is 17.3 Å². The number of anilines is 2. The van der Waals surface area contributed by atoms with Crippen LogP contribution in [0.15, 0.2) is 42.2 Å². The third-order valence-corrected chi connectivity index (χ3v) is 5.56. The molecule has 0 radical (unpaired) electrons. The van der Waals surface area contributed by atoms with Gasteiger partial charge in [-0.1, -0.05) is 0 Å². The van der Waals surface area contributed by atoms with Crippen LogP contribution in [0.3, 0.4) is 0 Å². The van der Waals surface area contributed by atoms with Gasteiger partial charge in [-0.2, -0.15) is 0 Å². The summed E-state index contributed by atoms with van der Waals surface area (Å²) in [6.45, 7) is 4.01. The van der Waals surface area contributed by atoms with Gasteiger partial charge in [0.15, 0.2) is 0 Å². The van der Waals surface area contributed by atoms with E-state index in [2.05, 4.69) is 27.4 Å². The predicted octanol–water partition coefficient (Wildman–Crippen LogP) is 2.63. The second-order valence-electron chi connectivity index (χ2n) is 8.46. The first-order chi connectivity index (χ1) is 15.0. The van der Waals surface area contributed by atoms with Crippen LogP contribution in [0.5, 0.6) is 5.75 Å². The molecule has 2 aromatic rings. The molecule has 1 aromatic heterocycles. The van der Waals surface area contributed by atoms with Crippen molar-refractivity contribution in [3.63, 3.8) is 0 Å². The first-order valence-electron chi connectivity index (χ1n) is 10.9. The molecule has 2 aliphatic heterocycles. The summed E-state index contributed by atoms with van der Waals surface area (Å²) in [4.78, 5) is 13.5. The molecule has 8 heteroatoms. The van der Waals surface area contributed by atoms with Crippen LogP contribution in [0.4, 0.5) is 11.6 Å². The monoisotopic (exact) mass is 424 g/mol. The fourth-order valence-corrected chi connectivity index (χ4v) is 4.20. The number of nitrogens with zero attached hydrogens (tertiary/aromatic N) is 4. The van der Waals surface area contributed by atoms with Gasteiger partial charge in [-0.05, 0) is 70.6 Å². The number of ether oxygens (including phenoxy) is 1. The number of hydrogen-bond donors (Lipinski definition) is 3. The molecular formula is C23H32N6O2. The Kier molecular flexibility index (Phi) is 6.58. The maximum atomic E-state index is 9.93. The highest BCUT2D eigenvalue weighted by atomic mass is 16.5. The SMILES string of the molecule is CC1=C(c2ccnc(Nc3ccc(OC[C@@H](O)CN(C)C)cc3)n2)N2CCCCC2N1. The van der Waals surface area contributed by atoms with Gasteiger partial charge < -0.3 is 30.3 Å². The molecule has 2 aliphatic rings. The minimum Gasteiger partial charge on any atom is -0.491 e. The van der Waals surface area contributed by atoms with E-state index in [1.54, 1.807) is 6.20 Å². The van der Waals surface area contributed by atoms with Crippen molar-refractivity contribution < 1.29 is 9.84 Å². The Hall–Kier alpha value is -2.84. The lowest BCUT2D eigenvalue weighted by Gasteiger charge is -2.33. The van der Waals surface area contributed by atoms with Crippen LogP contribution in [0.1, 0.15) is 31.9 Å². The fraction of sp³-hybridized carbons (Fsp3) is 0.478. The number of nitrogens with one attached hydrogen (secondary N) is 2. The zero-order valence-electron chi connectivity index (χ0n) is 18.5. The molecular weight excluding hydrogens is 392 g/mol. The average Bonchev–Trinajstić information content (AvgIpc) is 3.08. The Morgan fingerprint density at radius 1 is 1.26 bits per heavy atom. The van der Waals surface area contributed by atoms with E-state index in [-0.39, 0.29) is 6.61 Å². The van der Waals surface area contributed by atoms with Gasteiger partial charge in [0.1, 0.15) is 18.5 Å². The molecule has 0 amide bonds. The van der Waals surface area contributed by atoms with Crippen molar-refractivity contribution in [2.75, 3.05) is 39.1 Å². The summed E-state index contributed by atoms with van der Waals surface area (Å²) in [5.74, 6) is 1.28. The number of piperidine rings is 1. The van der Waals surface area contributed by atoms with Crippen LogP contribution in [0.25, 0.3) is 5.70 Å². The van der Waals surface area contributed by atoms with E-state index < -0.39 is 6.10 Å². The Morgan fingerprint density at radius 3 is 2.84 bits per heavy atom. The van der Waals surface area contributed by atoms with Crippen molar-refractivity contribution in [2.24, 2.45) is 0 Å². The molecule has 1 saturated heterocycles. The van der Waals surface area contributed by atoms with Crippen LogP contribution in [0, 0.1) is 0 Å². The number of likely N-dealkylation sites (N-methyl/N-ethyl adjacent to an activating group) is 1. The second-order valence-corrected chi connectivity index (χ2v) is 8.46. The van der Waals surface area contributed by atoms with Crippen LogP contribution < -0.4 is 15.4 Å². The summed E-state index contributed by atoms with van der Waals surface area (Å²) in [6, 6.07) is 9.57. The van der Waals surface area contributed by atoms with Gasteiger partial charge in [-0.15, -0.1) is 0 Å². The summed E-state index contributed by atoms with van der Waals surface area (Å²) in [7, 11) is 3.85. The fourth-order valence-electron chi connectivity index (χ4n) is 4.20. The number of benzene rings is 1. The third-order valence-electron chi connectivity index (χ3n) is 5.56. The smallest absolute Gasteiger partial charge is 0.227 e. The quantitative estimate of drug-likeness (QED) is 0.596. The van der Waals surface area contributed by atoms with Crippen molar-refractivity contribution in [3.05, 3.63) is 47.9 Å². The van der Waals surface area contributed by atoms with Crippen LogP contribution in [0.2, 0.25) is 0 Å². The van der Waals surface area contributed by atoms with Crippen molar-refractivity contribution in [1.29, 1.82) is 0 Å². The maximum Gasteiger partial charge on any atom is 0.227 e. The molecule has 1 aromatic carbocycles. The molecule has 3 heterocycles. The highest BCUT2D eigenvalue weighted by Crippen LogP contribution is 2.33. The lowest BCUT2D eigenvalue weighted by molar-refractivity contribution is 0.0831. The number of fused-ring (bicyclic) bond motifs is 1. The molecule has 166 valence electrons. The van der Waals surface area contributed by atoms with E-state index in [1.807, 2.05) is 49.3 Å². The molecule has 0 saturated carbocycles. The summed E-state index contributed by atoms with van der Waals surface area (Å²) in [5, 5.41) is 16.8. The van der Waals surface area contributed by atoms with Gasteiger partial charge in [0.2, 0.25) is 5.95 Å². The molecule has 0 bridgehead atoms. The molecule has 1 unspecified atom stereocenters. The van der Waals surface area contributed by atoms with Gasteiger partial charge in [0, 0.05) is 30.7 Å². The first kappa shape index (κ1) is 21.4. The van der Waals surface area contributed by atoms with Gasteiger partial charge in [0.05, 0.1) is 17.6 Å². The lowest BCUT2D eigenvalue weighted by Crippen LogP contribution is -2.40. The van der Waals surface area contributed by atoms with E-state index in [9.17, 15) is 5.11 Å².